The van der Waals surface area contributed by atoms with E-state index in [1.165, 1.54) is 12.1 Å². The molecular formula is C22H32N2O5S. The molecule has 8 heteroatoms. The first-order valence-electron chi connectivity index (χ1n) is 10.9. The first-order valence-corrected chi connectivity index (χ1v) is 12.4. The summed E-state index contributed by atoms with van der Waals surface area (Å²) in [6, 6.07) is 6.01. The quantitative estimate of drug-likeness (QED) is 0.632. The number of rotatable bonds is 8. The van der Waals surface area contributed by atoms with Crippen molar-refractivity contribution >= 4 is 21.8 Å². The first-order chi connectivity index (χ1) is 14.3. The molecule has 0 spiro atoms. The standard InChI is InChI=1S/C22H32N2O5S/c1-3-4-16-29-18-10-12-19(13-11-18)30(27,28)23-21(26)22(2)14-15-24(22)20(25)17-8-6-5-7-9-17/h10-13,17H,3-9,14-16H2,1-2H3,(H,23,26). The Morgan fingerprint density at radius 2 is 1.83 bits per heavy atom. The summed E-state index contributed by atoms with van der Waals surface area (Å²) in [5.41, 5.74) is -1.12. The van der Waals surface area contributed by atoms with Crippen LogP contribution in [-0.2, 0) is 19.6 Å². The molecule has 1 unspecified atom stereocenters. The van der Waals surface area contributed by atoms with E-state index < -0.39 is 21.5 Å². The number of carbonyl (C=O) groups is 2. The highest BCUT2D eigenvalue weighted by atomic mass is 32.2. The third-order valence-corrected chi connectivity index (χ3v) is 7.60. The number of ether oxygens (including phenoxy) is 1. The summed E-state index contributed by atoms with van der Waals surface area (Å²) in [4.78, 5) is 27.3. The van der Waals surface area contributed by atoms with Crippen LogP contribution in [0.4, 0.5) is 0 Å². The Hall–Kier alpha value is -2.09. The van der Waals surface area contributed by atoms with Gasteiger partial charge in [0.25, 0.3) is 15.9 Å². The van der Waals surface area contributed by atoms with Crippen molar-refractivity contribution in [2.45, 2.75) is 75.6 Å². The van der Waals surface area contributed by atoms with E-state index in [4.69, 9.17) is 4.74 Å². The normalized spacial score (nSPS) is 22.3. The van der Waals surface area contributed by atoms with E-state index in [9.17, 15) is 18.0 Å². The van der Waals surface area contributed by atoms with E-state index in [2.05, 4.69) is 11.6 Å². The second-order valence-electron chi connectivity index (χ2n) is 8.46. The number of hydrogen-bond donors (Lipinski definition) is 1. The van der Waals surface area contributed by atoms with E-state index in [1.54, 1.807) is 24.0 Å². The number of sulfonamides is 1. The Balaban J connectivity index is 1.64. The number of carbonyl (C=O) groups excluding carboxylic acids is 2. The maximum atomic E-state index is 12.9. The van der Waals surface area contributed by atoms with Crippen LogP contribution in [0.15, 0.2) is 29.2 Å². The van der Waals surface area contributed by atoms with E-state index in [-0.39, 0.29) is 16.7 Å². The van der Waals surface area contributed by atoms with Crippen molar-refractivity contribution in [1.29, 1.82) is 0 Å². The van der Waals surface area contributed by atoms with Gasteiger partial charge in [-0.25, -0.2) is 13.1 Å². The Morgan fingerprint density at radius 3 is 2.40 bits per heavy atom. The third-order valence-electron chi connectivity index (χ3n) is 6.26. The lowest BCUT2D eigenvalue weighted by molar-refractivity contribution is -0.160. The lowest BCUT2D eigenvalue weighted by atomic mass is 9.81. The first kappa shape index (κ1) is 22.6. The van der Waals surface area contributed by atoms with Crippen molar-refractivity contribution in [3.8, 4) is 5.75 Å². The summed E-state index contributed by atoms with van der Waals surface area (Å²) < 4.78 is 33.1. The lowest BCUT2D eigenvalue weighted by Gasteiger charge is -2.50. The second kappa shape index (κ2) is 9.37. The second-order valence-corrected chi connectivity index (χ2v) is 10.1. The molecule has 0 bridgehead atoms. The van der Waals surface area contributed by atoms with Crippen LogP contribution in [-0.4, -0.2) is 43.8 Å². The number of nitrogens with zero attached hydrogens (tertiary/aromatic N) is 1. The Bertz CT molecular complexity index is 862. The molecular weight excluding hydrogens is 404 g/mol. The number of benzene rings is 1. The van der Waals surface area contributed by atoms with Crippen molar-refractivity contribution in [2.75, 3.05) is 13.2 Å². The molecule has 1 aliphatic carbocycles. The van der Waals surface area contributed by atoms with Gasteiger partial charge in [-0.05, 0) is 56.9 Å². The molecule has 1 aliphatic heterocycles. The van der Waals surface area contributed by atoms with Crippen molar-refractivity contribution in [2.24, 2.45) is 5.92 Å². The molecule has 166 valence electrons. The zero-order valence-electron chi connectivity index (χ0n) is 17.9. The number of likely N-dealkylation sites (tertiary alicyclic amines) is 1. The van der Waals surface area contributed by atoms with Crippen LogP contribution in [0.25, 0.3) is 0 Å². The number of nitrogens with one attached hydrogen (secondary N) is 1. The molecule has 2 aliphatic rings. The topological polar surface area (TPSA) is 92.8 Å². The smallest absolute Gasteiger partial charge is 0.264 e. The summed E-state index contributed by atoms with van der Waals surface area (Å²) in [6.07, 6.45) is 7.27. The summed E-state index contributed by atoms with van der Waals surface area (Å²) >= 11 is 0. The summed E-state index contributed by atoms with van der Waals surface area (Å²) in [7, 11) is -4.03. The van der Waals surface area contributed by atoms with Crippen LogP contribution in [0, 0.1) is 5.92 Å². The van der Waals surface area contributed by atoms with Crippen molar-refractivity contribution in [3.05, 3.63) is 24.3 Å². The number of unbranched alkanes of at least 4 members (excludes halogenated alkanes) is 1. The monoisotopic (exact) mass is 436 g/mol. The minimum absolute atomic E-state index is 0.00762. The van der Waals surface area contributed by atoms with Crippen LogP contribution < -0.4 is 9.46 Å². The van der Waals surface area contributed by atoms with Gasteiger partial charge in [-0.15, -0.1) is 0 Å². The van der Waals surface area contributed by atoms with Gasteiger partial charge in [-0.2, -0.15) is 0 Å². The van der Waals surface area contributed by atoms with Crippen molar-refractivity contribution in [1.82, 2.24) is 9.62 Å². The van der Waals surface area contributed by atoms with Crippen LogP contribution in [0.3, 0.4) is 0 Å². The van der Waals surface area contributed by atoms with E-state index in [0.29, 0.717) is 25.3 Å². The van der Waals surface area contributed by atoms with Crippen LogP contribution in [0.5, 0.6) is 5.75 Å². The molecule has 2 fully saturated rings. The van der Waals surface area contributed by atoms with Gasteiger partial charge in [0.05, 0.1) is 11.5 Å². The predicted molar refractivity (Wildman–Crippen MR) is 113 cm³/mol. The highest BCUT2D eigenvalue weighted by Crippen LogP contribution is 2.35. The third kappa shape index (κ3) is 4.79. The largest absolute Gasteiger partial charge is 0.494 e. The number of amides is 2. The minimum Gasteiger partial charge on any atom is -0.494 e. The van der Waals surface area contributed by atoms with Crippen LogP contribution in [0.1, 0.15) is 65.2 Å². The molecule has 1 saturated heterocycles. The van der Waals surface area contributed by atoms with Gasteiger partial charge in [0.15, 0.2) is 0 Å². The van der Waals surface area contributed by atoms with Gasteiger partial charge in [0.2, 0.25) is 5.91 Å². The maximum Gasteiger partial charge on any atom is 0.264 e. The highest BCUT2D eigenvalue weighted by molar-refractivity contribution is 7.90. The van der Waals surface area contributed by atoms with Crippen LogP contribution in [0.2, 0.25) is 0 Å². The molecule has 3 rings (SSSR count). The molecule has 0 radical (unpaired) electrons. The Kier molecular flexibility index (Phi) is 7.06. The summed E-state index contributed by atoms with van der Waals surface area (Å²) in [5, 5.41) is 0. The number of hydrogen-bond acceptors (Lipinski definition) is 5. The fourth-order valence-electron chi connectivity index (χ4n) is 4.06. The Labute approximate surface area is 179 Å². The van der Waals surface area contributed by atoms with E-state index in [1.807, 2.05) is 0 Å². The van der Waals surface area contributed by atoms with E-state index in [0.717, 1.165) is 44.9 Å². The molecule has 0 aromatic heterocycles. The van der Waals surface area contributed by atoms with Crippen molar-refractivity contribution in [3.63, 3.8) is 0 Å². The summed E-state index contributed by atoms with van der Waals surface area (Å²) in [6.45, 7) is 4.77. The van der Waals surface area contributed by atoms with Crippen molar-refractivity contribution < 1.29 is 22.7 Å². The fourth-order valence-corrected chi connectivity index (χ4v) is 5.13. The maximum absolute atomic E-state index is 12.9. The van der Waals surface area contributed by atoms with Gasteiger partial charge < -0.3 is 9.64 Å². The average molecular weight is 437 g/mol. The predicted octanol–water partition coefficient (Wildman–Crippen LogP) is 3.24. The van der Waals surface area contributed by atoms with E-state index >= 15 is 0 Å². The molecule has 7 nitrogen and oxygen atoms in total. The van der Waals surface area contributed by atoms with Gasteiger partial charge in [0, 0.05) is 12.5 Å². The molecule has 1 aromatic carbocycles. The SMILES string of the molecule is CCCCOc1ccc(S(=O)(=O)NC(=O)C2(C)CCN2C(=O)C2CCCCC2)cc1. The molecule has 1 aromatic rings. The molecule has 1 heterocycles. The van der Waals surface area contributed by atoms with Gasteiger partial charge in [-0.3, -0.25) is 9.59 Å². The fraction of sp³-hybridized carbons (Fsp3) is 0.636. The average Bonchev–Trinajstić information content (AvgIpc) is 2.73. The van der Waals surface area contributed by atoms with Gasteiger partial charge in [0.1, 0.15) is 11.3 Å². The van der Waals surface area contributed by atoms with Gasteiger partial charge in [-0.1, -0.05) is 32.6 Å². The molecule has 2 amide bonds. The van der Waals surface area contributed by atoms with Gasteiger partial charge >= 0.3 is 0 Å². The Morgan fingerprint density at radius 1 is 1.17 bits per heavy atom. The molecule has 1 atom stereocenters. The zero-order valence-corrected chi connectivity index (χ0v) is 18.7. The molecule has 30 heavy (non-hydrogen) atoms. The molecule has 1 saturated carbocycles. The summed E-state index contributed by atoms with van der Waals surface area (Å²) in [5.74, 6) is -0.141. The minimum atomic E-state index is -4.03. The van der Waals surface area contributed by atoms with Crippen LogP contribution >= 0.6 is 0 Å². The zero-order chi connectivity index (χ0) is 21.8. The highest BCUT2D eigenvalue weighted by Gasteiger charge is 2.51. The lowest BCUT2D eigenvalue weighted by Crippen LogP contribution is -2.68. The molecule has 1 N–H and O–H groups in total.